The minimum absolute atomic E-state index is 0.437. The molecule has 0 fully saturated rings. The van der Waals surface area contributed by atoms with Crippen LogP contribution >= 0.6 is 0 Å². The van der Waals surface area contributed by atoms with E-state index in [2.05, 4.69) is 5.32 Å². The molecule has 0 bridgehead atoms. The molecule has 3 heteroatoms. The minimum atomic E-state index is -0.437. The minimum Gasteiger partial charge on any atom is -0.387 e. The summed E-state index contributed by atoms with van der Waals surface area (Å²) in [4.78, 5) is 10.1. The second kappa shape index (κ2) is 5.88. The molecule has 0 radical (unpaired) electrons. The fraction of sp³-hybridized carbons (Fsp3) is 0.286. The second-order valence-corrected chi connectivity index (χ2v) is 1.71. The highest BCUT2D eigenvalue weighted by Crippen LogP contribution is 1.68. The molecule has 0 unspecified atom stereocenters. The smallest absolute Gasteiger partial charge is 0.242 e. The Kier molecular flexibility index (Phi) is 5.14. The van der Waals surface area contributed by atoms with Gasteiger partial charge in [0.2, 0.25) is 5.91 Å². The monoisotopic (exact) mass is 140 g/mol. The molecule has 3 nitrogen and oxygen atoms in total. The number of primary amides is 1. The molecule has 0 atom stereocenters. The summed E-state index contributed by atoms with van der Waals surface area (Å²) in [6, 6.07) is 0. The molecule has 10 heavy (non-hydrogen) atoms. The first-order chi connectivity index (χ1) is 4.77. The van der Waals surface area contributed by atoms with E-state index in [1.807, 2.05) is 19.1 Å². The van der Waals surface area contributed by atoms with Crippen LogP contribution in [-0.4, -0.2) is 12.5 Å². The maximum absolute atomic E-state index is 10.1. The van der Waals surface area contributed by atoms with Crippen LogP contribution in [0.1, 0.15) is 6.92 Å². The van der Waals surface area contributed by atoms with Crippen molar-refractivity contribution in [3.8, 4) is 0 Å². The van der Waals surface area contributed by atoms with E-state index in [9.17, 15) is 4.79 Å². The zero-order chi connectivity index (χ0) is 7.82. The van der Waals surface area contributed by atoms with Crippen LogP contribution in [0.4, 0.5) is 0 Å². The summed E-state index contributed by atoms with van der Waals surface area (Å²) in [7, 11) is 0. The lowest BCUT2D eigenvalue weighted by Crippen LogP contribution is -2.10. The third kappa shape index (κ3) is 6.75. The van der Waals surface area contributed by atoms with Gasteiger partial charge < -0.3 is 11.1 Å². The van der Waals surface area contributed by atoms with Crippen LogP contribution in [0.3, 0.4) is 0 Å². The average molecular weight is 140 g/mol. The Hall–Kier alpha value is -1.25. The predicted octanol–water partition coefficient (Wildman–Crippen LogP) is 0.151. The summed E-state index contributed by atoms with van der Waals surface area (Å²) in [6.45, 7) is 2.65. The number of carbonyl (C=O) groups excluding carboxylic acids is 1. The Morgan fingerprint density at radius 3 is 2.90 bits per heavy atom. The number of carbonyl (C=O) groups is 1. The lowest BCUT2D eigenvalue weighted by molar-refractivity contribution is -0.113. The van der Waals surface area contributed by atoms with E-state index in [0.717, 1.165) is 6.54 Å². The summed E-state index contributed by atoms with van der Waals surface area (Å²) in [5.74, 6) is -0.437. The zero-order valence-electron chi connectivity index (χ0n) is 6.00. The highest BCUT2D eigenvalue weighted by Gasteiger charge is 1.78. The van der Waals surface area contributed by atoms with E-state index in [0.29, 0.717) is 0 Å². The third-order valence-corrected chi connectivity index (χ3v) is 0.837. The predicted molar refractivity (Wildman–Crippen MR) is 41.2 cm³/mol. The van der Waals surface area contributed by atoms with Gasteiger partial charge in [0.05, 0.1) is 0 Å². The molecule has 0 aromatic heterocycles. The zero-order valence-corrected chi connectivity index (χ0v) is 6.00. The number of hydrogen-bond donors (Lipinski definition) is 2. The van der Waals surface area contributed by atoms with E-state index >= 15 is 0 Å². The van der Waals surface area contributed by atoms with Crippen molar-refractivity contribution in [2.75, 3.05) is 6.54 Å². The summed E-state index contributed by atoms with van der Waals surface area (Å²) >= 11 is 0. The van der Waals surface area contributed by atoms with E-state index in [4.69, 9.17) is 5.73 Å². The van der Waals surface area contributed by atoms with Crippen LogP contribution in [0.25, 0.3) is 0 Å². The highest BCUT2D eigenvalue weighted by atomic mass is 16.1. The van der Waals surface area contributed by atoms with Gasteiger partial charge in [-0.15, -0.1) is 0 Å². The molecule has 0 rings (SSSR count). The molecule has 0 aromatic rings. The molecule has 0 aliphatic rings. The molecule has 0 aliphatic heterocycles. The first-order valence-corrected chi connectivity index (χ1v) is 3.08. The van der Waals surface area contributed by atoms with Gasteiger partial charge in [-0.2, -0.15) is 0 Å². The molecule has 1 amide bonds. The Bertz CT molecular complexity index is 150. The van der Waals surface area contributed by atoms with Crippen molar-refractivity contribution >= 4 is 5.91 Å². The quantitative estimate of drug-likeness (QED) is 0.332. The summed E-state index contributed by atoms with van der Waals surface area (Å²) in [5, 5.41) is 2.85. The van der Waals surface area contributed by atoms with Crippen molar-refractivity contribution < 1.29 is 4.79 Å². The first-order valence-electron chi connectivity index (χ1n) is 3.08. The topological polar surface area (TPSA) is 55.1 Å². The fourth-order valence-corrected chi connectivity index (χ4v) is 0.395. The maximum atomic E-state index is 10.1. The number of nitrogens with one attached hydrogen (secondary N) is 1. The molecular formula is C7H12N2O. The number of hydrogen-bond acceptors (Lipinski definition) is 2. The van der Waals surface area contributed by atoms with Gasteiger partial charge in [0.15, 0.2) is 0 Å². The molecule has 0 heterocycles. The Labute approximate surface area is 60.6 Å². The highest BCUT2D eigenvalue weighted by molar-refractivity contribution is 5.85. The van der Waals surface area contributed by atoms with Crippen molar-refractivity contribution in [3.05, 3.63) is 24.4 Å². The van der Waals surface area contributed by atoms with Crippen molar-refractivity contribution in [2.24, 2.45) is 5.73 Å². The Balaban J connectivity index is 3.27. The van der Waals surface area contributed by atoms with Crippen LogP contribution in [0.2, 0.25) is 0 Å². The van der Waals surface area contributed by atoms with Gasteiger partial charge in [0, 0.05) is 18.8 Å². The molecule has 0 saturated carbocycles. The van der Waals surface area contributed by atoms with Gasteiger partial charge >= 0.3 is 0 Å². The third-order valence-electron chi connectivity index (χ3n) is 0.837. The molecule has 0 saturated heterocycles. The standard InChI is InChI=1S/C7H12N2O/c1-2-3-5-9-6-4-7(8)10/h2-4,6,9H,5H2,1H3,(H2,8,10)/b3-2?,6-4-. The molecule has 0 spiro atoms. The van der Waals surface area contributed by atoms with Gasteiger partial charge in [0.25, 0.3) is 0 Å². The van der Waals surface area contributed by atoms with Crippen LogP contribution in [0.15, 0.2) is 24.4 Å². The summed E-state index contributed by atoms with van der Waals surface area (Å²) in [5.41, 5.74) is 4.82. The lowest BCUT2D eigenvalue weighted by atomic mass is 10.5. The van der Waals surface area contributed by atoms with Crippen LogP contribution in [-0.2, 0) is 4.79 Å². The molecule has 0 aliphatic carbocycles. The number of nitrogens with two attached hydrogens (primary N) is 1. The summed E-state index contributed by atoms with van der Waals surface area (Å²) < 4.78 is 0. The van der Waals surface area contributed by atoms with Crippen LogP contribution in [0, 0.1) is 0 Å². The first kappa shape index (κ1) is 8.75. The van der Waals surface area contributed by atoms with Crippen molar-refractivity contribution in [2.45, 2.75) is 6.92 Å². The van der Waals surface area contributed by atoms with Gasteiger partial charge in [-0.1, -0.05) is 12.2 Å². The van der Waals surface area contributed by atoms with E-state index < -0.39 is 5.91 Å². The van der Waals surface area contributed by atoms with Gasteiger partial charge in [-0.25, -0.2) is 0 Å². The van der Waals surface area contributed by atoms with E-state index in [1.54, 1.807) is 0 Å². The fourth-order valence-electron chi connectivity index (χ4n) is 0.395. The largest absolute Gasteiger partial charge is 0.387 e. The molecular weight excluding hydrogens is 128 g/mol. The van der Waals surface area contributed by atoms with Crippen LogP contribution < -0.4 is 11.1 Å². The van der Waals surface area contributed by atoms with Crippen LogP contribution in [0.5, 0.6) is 0 Å². The molecule has 56 valence electrons. The normalized spacial score (nSPS) is 10.9. The molecule has 0 aromatic carbocycles. The van der Waals surface area contributed by atoms with Gasteiger partial charge in [0.1, 0.15) is 0 Å². The SMILES string of the molecule is CC=CCN/C=C\C(N)=O. The van der Waals surface area contributed by atoms with Crippen molar-refractivity contribution in [1.82, 2.24) is 5.32 Å². The Morgan fingerprint density at radius 2 is 2.40 bits per heavy atom. The Morgan fingerprint density at radius 1 is 1.70 bits per heavy atom. The van der Waals surface area contributed by atoms with E-state index in [-0.39, 0.29) is 0 Å². The number of amides is 1. The average Bonchev–Trinajstić information content (AvgIpc) is 1.87. The number of rotatable bonds is 4. The number of allylic oxidation sites excluding steroid dienone is 1. The molecule has 3 N–H and O–H groups in total. The van der Waals surface area contributed by atoms with Gasteiger partial charge in [-0.05, 0) is 6.92 Å². The van der Waals surface area contributed by atoms with Crippen molar-refractivity contribution in [1.29, 1.82) is 0 Å². The van der Waals surface area contributed by atoms with Gasteiger partial charge in [-0.3, -0.25) is 4.79 Å². The van der Waals surface area contributed by atoms with E-state index in [1.165, 1.54) is 12.3 Å². The lowest BCUT2D eigenvalue weighted by Gasteiger charge is -1.90. The second-order valence-electron chi connectivity index (χ2n) is 1.71. The summed E-state index contributed by atoms with van der Waals surface area (Å²) in [6.07, 6.45) is 6.67. The van der Waals surface area contributed by atoms with Crippen molar-refractivity contribution in [3.63, 3.8) is 0 Å². The maximum Gasteiger partial charge on any atom is 0.242 e.